The van der Waals surface area contributed by atoms with Crippen LogP contribution in [0.2, 0.25) is 0 Å². The Morgan fingerprint density at radius 2 is 2.12 bits per heavy atom. The van der Waals surface area contributed by atoms with Crippen LogP contribution in [0.3, 0.4) is 0 Å². The second-order valence-corrected chi connectivity index (χ2v) is 5.78. The molecule has 1 aromatic rings. The van der Waals surface area contributed by atoms with Gasteiger partial charge in [-0.05, 0) is 6.92 Å². The average molecular weight is 336 g/mol. The van der Waals surface area contributed by atoms with E-state index in [1.165, 1.54) is 0 Å². The summed E-state index contributed by atoms with van der Waals surface area (Å²) >= 11 is 0. The Bertz CT molecular complexity index is 579. The fourth-order valence-electron chi connectivity index (χ4n) is 2.43. The number of likely N-dealkylation sites (tertiary alicyclic amines) is 1. The zero-order chi connectivity index (χ0) is 17.5. The summed E-state index contributed by atoms with van der Waals surface area (Å²) in [5.74, 6) is 0.774. The lowest BCUT2D eigenvalue weighted by Gasteiger charge is -2.17. The molecule has 0 aromatic carbocycles. The van der Waals surface area contributed by atoms with Crippen LogP contribution in [-0.4, -0.2) is 66.6 Å². The predicted octanol–water partition coefficient (Wildman–Crippen LogP) is 0.866. The molecule has 1 aliphatic rings. The Kier molecular flexibility index (Phi) is 6.34. The first-order valence-corrected chi connectivity index (χ1v) is 8.09. The summed E-state index contributed by atoms with van der Waals surface area (Å²) in [6, 6.07) is 0. The van der Waals surface area contributed by atoms with Gasteiger partial charge in [-0.25, -0.2) is 0 Å². The highest BCUT2D eigenvalue weighted by Crippen LogP contribution is 2.19. The summed E-state index contributed by atoms with van der Waals surface area (Å²) in [5.41, 5.74) is 0. The summed E-state index contributed by atoms with van der Waals surface area (Å²) < 4.78 is 10.7. The lowest BCUT2D eigenvalue weighted by atomic mass is 10.3. The van der Waals surface area contributed by atoms with Crippen LogP contribution in [0.4, 0.5) is 5.82 Å². The van der Waals surface area contributed by atoms with E-state index in [0.29, 0.717) is 31.4 Å². The van der Waals surface area contributed by atoms with Crippen LogP contribution in [-0.2, 0) is 14.3 Å². The van der Waals surface area contributed by atoms with Crippen molar-refractivity contribution in [2.24, 2.45) is 0 Å². The van der Waals surface area contributed by atoms with Crippen molar-refractivity contribution in [2.45, 2.75) is 32.3 Å². The minimum atomic E-state index is -0.339. The molecule has 0 spiro atoms. The van der Waals surface area contributed by atoms with E-state index in [0.717, 1.165) is 6.42 Å². The molecule has 1 atom stereocenters. The van der Waals surface area contributed by atoms with Crippen molar-refractivity contribution in [3.63, 3.8) is 0 Å². The Morgan fingerprint density at radius 3 is 2.83 bits per heavy atom. The highest BCUT2D eigenvalue weighted by Gasteiger charge is 2.28. The fraction of sp³-hybridized carbons (Fsp3) is 0.625. The molecule has 2 rings (SSSR count). The molecule has 1 fully saturated rings. The molecule has 24 heavy (non-hydrogen) atoms. The zero-order valence-corrected chi connectivity index (χ0v) is 14.4. The first-order valence-electron chi connectivity index (χ1n) is 8.09. The molecule has 2 heterocycles. The summed E-state index contributed by atoms with van der Waals surface area (Å²) in [6.45, 7) is 3.19. The molecular weight excluding hydrogens is 312 g/mol. The molecule has 0 N–H and O–H groups in total. The first-order chi connectivity index (χ1) is 11.5. The van der Waals surface area contributed by atoms with E-state index in [-0.39, 0.29) is 30.8 Å². The largest absolute Gasteiger partial charge is 0.471 e. The number of ether oxygens (including phenoxy) is 2. The highest BCUT2D eigenvalue weighted by molar-refractivity contribution is 5.81. The zero-order valence-electron chi connectivity index (χ0n) is 14.4. The molecule has 1 aromatic heterocycles. The van der Waals surface area contributed by atoms with Crippen molar-refractivity contribution in [1.82, 2.24) is 14.9 Å². The Hall–Kier alpha value is -2.38. The third-order valence-corrected chi connectivity index (χ3v) is 3.69. The van der Waals surface area contributed by atoms with Crippen LogP contribution in [0.25, 0.3) is 0 Å². The van der Waals surface area contributed by atoms with Gasteiger partial charge in [-0.15, -0.1) is 0 Å². The maximum atomic E-state index is 12.1. The third kappa shape index (κ3) is 5.07. The van der Waals surface area contributed by atoms with E-state index < -0.39 is 0 Å². The van der Waals surface area contributed by atoms with E-state index in [1.807, 2.05) is 19.0 Å². The molecular formula is C16H24N4O4. The van der Waals surface area contributed by atoms with Gasteiger partial charge in [0.15, 0.2) is 5.82 Å². The van der Waals surface area contributed by atoms with Crippen LogP contribution in [0, 0.1) is 0 Å². The van der Waals surface area contributed by atoms with Gasteiger partial charge in [0.25, 0.3) is 0 Å². The van der Waals surface area contributed by atoms with Gasteiger partial charge in [0.05, 0.1) is 32.0 Å². The summed E-state index contributed by atoms with van der Waals surface area (Å²) in [7, 11) is 3.76. The number of rotatable bonds is 7. The van der Waals surface area contributed by atoms with E-state index in [1.54, 1.807) is 24.2 Å². The van der Waals surface area contributed by atoms with Crippen LogP contribution in [0.15, 0.2) is 12.4 Å². The van der Waals surface area contributed by atoms with Crippen molar-refractivity contribution >= 4 is 17.7 Å². The molecule has 0 radical (unpaired) electrons. The van der Waals surface area contributed by atoms with Crippen LogP contribution in [0.1, 0.15) is 26.2 Å². The molecule has 0 aliphatic carbocycles. The van der Waals surface area contributed by atoms with Gasteiger partial charge in [-0.1, -0.05) is 0 Å². The topological polar surface area (TPSA) is 84.9 Å². The molecule has 132 valence electrons. The van der Waals surface area contributed by atoms with Gasteiger partial charge in [0.2, 0.25) is 11.8 Å². The molecule has 8 heteroatoms. The highest BCUT2D eigenvalue weighted by atomic mass is 16.5. The number of nitrogens with zero attached hydrogens (tertiary/aromatic N) is 4. The summed E-state index contributed by atoms with van der Waals surface area (Å²) in [6.07, 6.45) is 4.14. The average Bonchev–Trinajstić information content (AvgIpc) is 3.01. The number of hydrogen-bond donors (Lipinski definition) is 0. The van der Waals surface area contributed by atoms with Crippen molar-refractivity contribution in [1.29, 1.82) is 0 Å². The van der Waals surface area contributed by atoms with Gasteiger partial charge in [-0.2, -0.15) is 4.98 Å². The van der Waals surface area contributed by atoms with E-state index in [9.17, 15) is 9.59 Å². The minimum Gasteiger partial charge on any atom is -0.471 e. The van der Waals surface area contributed by atoms with Crippen molar-refractivity contribution in [3.8, 4) is 5.88 Å². The summed E-state index contributed by atoms with van der Waals surface area (Å²) in [4.78, 5) is 35.5. The Balaban J connectivity index is 1.81. The van der Waals surface area contributed by atoms with Gasteiger partial charge in [0, 0.05) is 33.5 Å². The van der Waals surface area contributed by atoms with Gasteiger partial charge in [0.1, 0.15) is 6.10 Å². The van der Waals surface area contributed by atoms with Crippen molar-refractivity contribution < 1.29 is 19.1 Å². The number of carbonyl (C=O) groups is 2. The van der Waals surface area contributed by atoms with Gasteiger partial charge >= 0.3 is 5.97 Å². The second kappa shape index (κ2) is 8.47. The number of hydrogen-bond acceptors (Lipinski definition) is 7. The molecule has 8 nitrogen and oxygen atoms in total. The number of amides is 1. The molecule has 0 bridgehead atoms. The van der Waals surface area contributed by atoms with Gasteiger partial charge in [-0.3, -0.25) is 14.6 Å². The quantitative estimate of drug-likeness (QED) is 0.683. The standard InChI is InChI=1S/C16H24N4O4/c1-4-23-16(22)6-5-15(21)20-8-7-12(11-20)24-14-10-17-9-13(18-14)19(2)3/h9-10,12H,4-8,11H2,1-3H3. The lowest BCUT2D eigenvalue weighted by molar-refractivity contribution is -0.145. The molecule has 0 saturated carbocycles. The number of carbonyl (C=O) groups excluding carboxylic acids is 2. The predicted molar refractivity (Wildman–Crippen MR) is 87.8 cm³/mol. The SMILES string of the molecule is CCOC(=O)CCC(=O)N1CCC(Oc2cncc(N(C)C)n2)C1. The first kappa shape index (κ1) is 18.0. The molecule has 1 saturated heterocycles. The smallest absolute Gasteiger partial charge is 0.306 e. The lowest BCUT2D eigenvalue weighted by Crippen LogP contribution is -2.31. The third-order valence-electron chi connectivity index (χ3n) is 3.69. The Labute approximate surface area is 141 Å². The number of aromatic nitrogens is 2. The minimum absolute atomic E-state index is 0.0534. The van der Waals surface area contributed by atoms with Crippen LogP contribution in [0.5, 0.6) is 5.88 Å². The van der Waals surface area contributed by atoms with Crippen molar-refractivity contribution in [3.05, 3.63) is 12.4 Å². The summed E-state index contributed by atoms with van der Waals surface area (Å²) in [5, 5.41) is 0. The van der Waals surface area contributed by atoms with Gasteiger partial charge < -0.3 is 19.3 Å². The number of esters is 1. The van der Waals surface area contributed by atoms with E-state index >= 15 is 0 Å². The van der Waals surface area contributed by atoms with E-state index in [4.69, 9.17) is 9.47 Å². The normalized spacial score (nSPS) is 16.8. The molecule has 1 aliphatic heterocycles. The maximum Gasteiger partial charge on any atom is 0.306 e. The monoisotopic (exact) mass is 336 g/mol. The van der Waals surface area contributed by atoms with Crippen LogP contribution >= 0.6 is 0 Å². The number of anilines is 1. The molecule has 1 amide bonds. The maximum absolute atomic E-state index is 12.1. The van der Waals surface area contributed by atoms with Crippen molar-refractivity contribution in [2.75, 3.05) is 38.7 Å². The fourth-order valence-corrected chi connectivity index (χ4v) is 2.43. The molecule has 1 unspecified atom stereocenters. The second-order valence-electron chi connectivity index (χ2n) is 5.78. The van der Waals surface area contributed by atoms with E-state index in [2.05, 4.69) is 9.97 Å². The van der Waals surface area contributed by atoms with Crippen LogP contribution < -0.4 is 9.64 Å². The Morgan fingerprint density at radius 1 is 1.33 bits per heavy atom.